The fourth-order valence-electron chi connectivity index (χ4n) is 2.55. The molecule has 0 bridgehead atoms. The van der Waals surface area contributed by atoms with E-state index in [4.69, 9.17) is 20.8 Å². The number of carbonyl (C=O) groups is 2. The number of esters is 1. The molecule has 0 atom stereocenters. The molecule has 1 aromatic heterocycles. The number of carbonyl (C=O) groups excluding carboxylic acids is 2. The van der Waals surface area contributed by atoms with Gasteiger partial charge in [0.1, 0.15) is 17.1 Å². The van der Waals surface area contributed by atoms with Gasteiger partial charge >= 0.3 is 5.97 Å². The van der Waals surface area contributed by atoms with Gasteiger partial charge in [0.15, 0.2) is 0 Å². The Balaban J connectivity index is 1.76. The van der Waals surface area contributed by atoms with Crippen LogP contribution in [0.25, 0.3) is 0 Å². The lowest BCUT2D eigenvalue weighted by Crippen LogP contribution is -2.35. The fraction of sp³-hybridized carbons (Fsp3) is 0.368. The first-order valence-electron chi connectivity index (χ1n) is 8.26. The minimum absolute atomic E-state index is 0.0714. The van der Waals surface area contributed by atoms with Gasteiger partial charge in [-0.1, -0.05) is 23.7 Å². The normalized spacial score (nSPS) is 10.8. The highest BCUT2D eigenvalue weighted by atomic mass is 35.5. The fourth-order valence-corrected chi connectivity index (χ4v) is 2.68. The number of nitrogens with zero attached hydrogens (tertiary/aromatic N) is 1. The van der Waals surface area contributed by atoms with Crippen LogP contribution >= 0.6 is 11.6 Å². The second-order valence-electron chi connectivity index (χ2n) is 6.07. The van der Waals surface area contributed by atoms with Crippen LogP contribution in [-0.4, -0.2) is 44.0 Å². The van der Waals surface area contributed by atoms with Crippen molar-refractivity contribution < 1.29 is 18.7 Å². The number of furan rings is 1. The van der Waals surface area contributed by atoms with E-state index < -0.39 is 5.97 Å². The molecule has 7 heteroatoms. The number of hydrogen-bond acceptors (Lipinski definition) is 5. The summed E-state index contributed by atoms with van der Waals surface area (Å²) in [6.07, 6.45) is 0.743. The van der Waals surface area contributed by atoms with Crippen molar-refractivity contribution in [3.63, 3.8) is 0 Å². The second kappa shape index (κ2) is 9.40. The molecule has 1 heterocycles. The minimum atomic E-state index is -0.430. The largest absolute Gasteiger partial charge is 0.465 e. The lowest BCUT2D eigenvalue weighted by Gasteiger charge is -2.14. The van der Waals surface area contributed by atoms with Gasteiger partial charge in [0.25, 0.3) is 0 Å². The molecule has 2 rings (SSSR count). The smallest absolute Gasteiger partial charge is 0.341 e. The van der Waals surface area contributed by atoms with Crippen molar-refractivity contribution in [2.75, 3.05) is 27.2 Å². The molecule has 0 aliphatic rings. The summed E-state index contributed by atoms with van der Waals surface area (Å²) in [5.41, 5.74) is 1.52. The molecule has 0 fully saturated rings. The number of benzene rings is 1. The molecule has 0 spiro atoms. The SMILES string of the molecule is COC(=O)c1cc(CN(C)CC(=O)NCCc2ccc(Cl)cc2)oc1C. The standard InChI is InChI=1S/C19H23ClN2O4/c1-13-17(19(24)25-3)10-16(26-13)11-22(2)12-18(23)21-9-8-14-4-6-15(20)7-5-14/h4-7,10H,8-9,11-12H2,1-3H3,(H,21,23). The first-order chi connectivity index (χ1) is 12.4. The summed E-state index contributed by atoms with van der Waals surface area (Å²) in [5, 5.41) is 3.59. The Morgan fingerprint density at radius 2 is 1.96 bits per heavy atom. The number of ether oxygens (including phenoxy) is 1. The maximum Gasteiger partial charge on any atom is 0.341 e. The van der Waals surface area contributed by atoms with Gasteiger partial charge in [-0.05, 0) is 44.2 Å². The Hall–Kier alpha value is -2.31. The van der Waals surface area contributed by atoms with Crippen molar-refractivity contribution in [2.45, 2.75) is 19.9 Å². The van der Waals surface area contributed by atoms with Gasteiger partial charge in [-0.2, -0.15) is 0 Å². The third-order valence-electron chi connectivity index (χ3n) is 3.86. The number of aryl methyl sites for hydroxylation is 1. The van der Waals surface area contributed by atoms with Crippen LogP contribution < -0.4 is 5.32 Å². The van der Waals surface area contributed by atoms with Gasteiger partial charge in [0.05, 0.1) is 20.2 Å². The Labute approximate surface area is 158 Å². The highest BCUT2D eigenvalue weighted by Gasteiger charge is 2.17. The average Bonchev–Trinajstić information content (AvgIpc) is 2.96. The zero-order valence-corrected chi connectivity index (χ0v) is 15.9. The van der Waals surface area contributed by atoms with E-state index >= 15 is 0 Å². The number of rotatable bonds is 8. The summed E-state index contributed by atoms with van der Waals surface area (Å²) < 4.78 is 10.3. The monoisotopic (exact) mass is 378 g/mol. The van der Waals surface area contributed by atoms with Gasteiger partial charge < -0.3 is 14.5 Å². The first kappa shape index (κ1) is 20.0. The number of likely N-dealkylation sites (N-methyl/N-ethyl adjacent to an activating group) is 1. The van der Waals surface area contributed by atoms with Crippen LogP contribution in [0.4, 0.5) is 0 Å². The lowest BCUT2D eigenvalue weighted by atomic mass is 10.1. The molecular weight excluding hydrogens is 356 g/mol. The molecule has 0 aliphatic heterocycles. The zero-order valence-electron chi connectivity index (χ0n) is 15.2. The van der Waals surface area contributed by atoms with E-state index in [1.165, 1.54) is 7.11 Å². The summed E-state index contributed by atoms with van der Waals surface area (Å²) in [6, 6.07) is 9.20. The van der Waals surface area contributed by atoms with E-state index in [0.717, 1.165) is 12.0 Å². The van der Waals surface area contributed by atoms with Gasteiger partial charge in [0, 0.05) is 11.6 Å². The van der Waals surface area contributed by atoms with Gasteiger partial charge in [0.2, 0.25) is 5.91 Å². The Morgan fingerprint density at radius 1 is 1.27 bits per heavy atom. The Bertz CT molecular complexity index is 755. The number of methoxy groups -OCH3 is 1. The van der Waals surface area contributed by atoms with Crippen molar-refractivity contribution in [3.05, 3.63) is 58.0 Å². The van der Waals surface area contributed by atoms with Crippen LogP contribution in [0.5, 0.6) is 0 Å². The van der Waals surface area contributed by atoms with Crippen LogP contribution in [0.2, 0.25) is 5.02 Å². The third-order valence-corrected chi connectivity index (χ3v) is 4.11. The number of halogens is 1. The molecule has 0 radical (unpaired) electrons. The second-order valence-corrected chi connectivity index (χ2v) is 6.51. The summed E-state index contributed by atoms with van der Waals surface area (Å²) in [5.74, 6) is 0.616. The van der Waals surface area contributed by atoms with Gasteiger partial charge in [-0.3, -0.25) is 9.69 Å². The van der Waals surface area contributed by atoms with Crippen molar-refractivity contribution in [1.82, 2.24) is 10.2 Å². The summed E-state index contributed by atoms with van der Waals surface area (Å²) in [7, 11) is 3.14. The third kappa shape index (κ3) is 5.89. The molecule has 140 valence electrons. The van der Waals surface area contributed by atoms with Crippen LogP contribution in [0.1, 0.15) is 27.4 Å². The summed E-state index contributed by atoms with van der Waals surface area (Å²) in [4.78, 5) is 25.5. The number of hydrogen-bond donors (Lipinski definition) is 1. The lowest BCUT2D eigenvalue weighted by molar-refractivity contribution is -0.122. The molecule has 1 aromatic carbocycles. The molecule has 0 saturated heterocycles. The molecule has 26 heavy (non-hydrogen) atoms. The predicted octanol–water partition coefficient (Wildman–Crippen LogP) is 2.82. The number of amides is 1. The van der Waals surface area contributed by atoms with E-state index in [9.17, 15) is 9.59 Å². The molecular formula is C19H23ClN2O4. The van der Waals surface area contributed by atoms with Gasteiger partial charge in [-0.25, -0.2) is 4.79 Å². The van der Waals surface area contributed by atoms with E-state index in [2.05, 4.69) is 5.32 Å². The molecule has 1 N–H and O–H groups in total. The summed E-state index contributed by atoms with van der Waals surface area (Å²) >= 11 is 5.85. The van der Waals surface area contributed by atoms with Crippen molar-refractivity contribution >= 4 is 23.5 Å². The Morgan fingerprint density at radius 3 is 2.62 bits per heavy atom. The van der Waals surface area contributed by atoms with E-state index in [1.807, 2.05) is 36.2 Å². The molecule has 0 unspecified atom stereocenters. The van der Waals surface area contributed by atoms with Crippen molar-refractivity contribution in [3.8, 4) is 0 Å². The highest BCUT2D eigenvalue weighted by Crippen LogP contribution is 2.16. The molecule has 0 aliphatic carbocycles. The van der Waals surface area contributed by atoms with Crippen LogP contribution in [0, 0.1) is 6.92 Å². The predicted molar refractivity (Wildman–Crippen MR) is 99.3 cm³/mol. The van der Waals surface area contributed by atoms with Crippen LogP contribution in [0.3, 0.4) is 0 Å². The van der Waals surface area contributed by atoms with Crippen molar-refractivity contribution in [2.24, 2.45) is 0 Å². The first-order valence-corrected chi connectivity index (χ1v) is 8.64. The Kier molecular flexibility index (Phi) is 7.24. The average molecular weight is 379 g/mol. The quantitative estimate of drug-likeness (QED) is 0.715. The highest BCUT2D eigenvalue weighted by molar-refractivity contribution is 6.30. The maximum absolute atomic E-state index is 12.0. The minimum Gasteiger partial charge on any atom is -0.465 e. The topological polar surface area (TPSA) is 71.8 Å². The van der Waals surface area contributed by atoms with E-state index in [-0.39, 0.29) is 12.5 Å². The molecule has 2 aromatic rings. The van der Waals surface area contributed by atoms with Gasteiger partial charge in [-0.15, -0.1) is 0 Å². The van der Waals surface area contributed by atoms with Crippen LogP contribution in [-0.2, 0) is 22.5 Å². The molecule has 1 amide bonds. The molecule has 0 saturated carbocycles. The maximum atomic E-state index is 12.0. The van der Waals surface area contributed by atoms with Crippen LogP contribution in [0.15, 0.2) is 34.7 Å². The summed E-state index contributed by atoms with van der Waals surface area (Å²) in [6.45, 7) is 2.91. The number of nitrogens with one attached hydrogen (secondary N) is 1. The molecule has 6 nitrogen and oxygen atoms in total. The van der Waals surface area contributed by atoms with E-state index in [0.29, 0.717) is 35.2 Å². The van der Waals surface area contributed by atoms with E-state index in [1.54, 1.807) is 13.0 Å². The van der Waals surface area contributed by atoms with Crippen molar-refractivity contribution in [1.29, 1.82) is 0 Å². The zero-order chi connectivity index (χ0) is 19.1.